The Bertz CT molecular complexity index is 735. The van der Waals surface area contributed by atoms with Crippen molar-refractivity contribution in [2.45, 2.75) is 6.54 Å². The van der Waals surface area contributed by atoms with Crippen LogP contribution < -0.4 is 0 Å². The molecule has 2 aromatic heterocycles. The van der Waals surface area contributed by atoms with E-state index in [0.29, 0.717) is 6.54 Å². The Morgan fingerprint density at radius 3 is 2.89 bits per heavy atom. The van der Waals surface area contributed by atoms with E-state index in [1.165, 1.54) is 6.07 Å². The zero-order valence-corrected chi connectivity index (χ0v) is 10.1. The van der Waals surface area contributed by atoms with E-state index in [2.05, 4.69) is 9.55 Å². The number of benzene rings is 1. The summed E-state index contributed by atoms with van der Waals surface area (Å²) in [6.45, 7) is 0.704. The van der Waals surface area contributed by atoms with Crippen molar-refractivity contribution in [1.82, 2.24) is 9.55 Å². The van der Waals surface area contributed by atoms with E-state index in [1.807, 2.05) is 30.6 Å². The number of nitro benzene ring substituents is 1. The first kappa shape index (κ1) is 11.4. The van der Waals surface area contributed by atoms with Crippen LogP contribution in [0.5, 0.6) is 0 Å². The molecule has 0 saturated heterocycles. The number of pyridine rings is 1. The highest BCUT2D eigenvalue weighted by molar-refractivity contribution is 5.82. The first-order chi connectivity index (χ1) is 9.24. The molecule has 19 heavy (non-hydrogen) atoms. The van der Waals surface area contributed by atoms with Gasteiger partial charge in [-0.25, -0.2) is 0 Å². The molecule has 5 nitrogen and oxygen atoms in total. The highest BCUT2D eigenvalue weighted by Crippen LogP contribution is 2.22. The summed E-state index contributed by atoms with van der Waals surface area (Å²) in [4.78, 5) is 14.4. The van der Waals surface area contributed by atoms with E-state index in [0.717, 1.165) is 16.5 Å². The zero-order valence-electron chi connectivity index (χ0n) is 10.1. The fraction of sp³-hybridized carbons (Fsp3) is 0.0714. The summed E-state index contributed by atoms with van der Waals surface area (Å²) in [5.74, 6) is 0. The van der Waals surface area contributed by atoms with E-state index in [9.17, 15) is 10.1 Å². The van der Waals surface area contributed by atoms with Crippen LogP contribution in [0, 0.1) is 10.1 Å². The Balaban J connectivity index is 1.99. The van der Waals surface area contributed by atoms with Crippen LogP contribution in [0.25, 0.3) is 10.9 Å². The van der Waals surface area contributed by atoms with Crippen molar-refractivity contribution in [3.63, 3.8) is 0 Å². The van der Waals surface area contributed by atoms with Crippen LogP contribution in [0.1, 0.15) is 5.56 Å². The molecule has 94 valence electrons. The van der Waals surface area contributed by atoms with Crippen LogP contribution >= 0.6 is 0 Å². The molecule has 0 aliphatic heterocycles. The monoisotopic (exact) mass is 253 g/mol. The average molecular weight is 253 g/mol. The molecule has 0 bridgehead atoms. The van der Waals surface area contributed by atoms with Gasteiger partial charge in [-0.2, -0.15) is 0 Å². The molecule has 0 atom stereocenters. The van der Waals surface area contributed by atoms with Crippen molar-refractivity contribution in [3.05, 3.63) is 70.7 Å². The van der Waals surface area contributed by atoms with Crippen molar-refractivity contribution in [2.75, 3.05) is 0 Å². The predicted molar refractivity (Wildman–Crippen MR) is 71.9 cm³/mol. The van der Waals surface area contributed by atoms with Gasteiger partial charge in [0.1, 0.15) is 0 Å². The molecule has 3 aromatic rings. The van der Waals surface area contributed by atoms with E-state index < -0.39 is 0 Å². The smallest absolute Gasteiger partial charge is 0.270 e. The molecule has 0 saturated carbocycles. The normalized spacial score (nSPS) is 10.7. The molecule has 1 aromatic carbocycles. The van der Waals surface area contributed by atoms with Gasteiger partial charge in [-0.15, -0.1) is 0 Å². The summed E-state index contributed by atoms with van der Waals surface area (Å²) in [5.41, 5.74) is 2.19. The fourth-order valence-electron chi connectivity index (χ4n) is 2.13. The molecule has 3 rings (SSSR count). The number of aromatic nitrogens is 2. The van der Waals surface area contributed by atoms with Gasteiger partial charge in [-0.05, 0) is 23.8 Å². The largest absolute Gasteiger partial charge is 0.343 e. The molecule has 0 unspecified atom stereocenters. The van der Waals surface area contributed by atoms with Gasteiger partial charge < -0.3 is 4.57 Å². The fourth-order valence-corrected chi connectivity index (χ4v) is 2.13. The second-order valence-electron chi connectivity index (χ2n) is 4.31. The molecule has 2 heterocycles. The third-order valence-corrected chi connectivity index (χ3v) is 3.04. The summed E-state index contributed by atoms with van der Waals surface area (Å²) in [7, 11) is 0. The summed E-state index contributed by atoms with van der Waals surface area (Å²) in [6.07, 6.45) is 5.49. The summed E-state index contributed by atoms with van der Waals surface area (Å²) < 4.78 is 2.05. The van der Waals surface area contributed by atoms with Gasteiger partial charge in [0, 0.05) is 48.2 Å². The van der Waals surface area contributed by atoms with Gasteiger partial charge in [0.25, 0.3) is 5.69 Å². The first-order valence-electron chi connectivity index (χ1n) is 5.86. The lowest BCUT2D eigenvalue weighted by Crippen LogP contribution is -1.98. The van der Waals surface area contributed by atoms with Crippen LogP contribution in [0.2, 0.25) is 0 Å². The lowest BCUT2D eigenvalue weighted by molar-refractivity contribution is -0.384. The first-order valence-corrected chi connectivity index (χ1v) is 5.86. The van der Waals surface area contributed by atoms with Crippen LogP contribution in [-0.2, 0) is 6.54 Å². The Labute approximate surface area is 109 Å². The van der Waals surface area contributed by atoms with E-state index >= 15 is 0 Å². The number of nitrogens with zero attached hydrogens (tertiary/aromatic N) is 3. The van der Waals surface area contributed by atoms with Gasteiger partial charge in [0.2, 0.25) is 0 Å². The van der Waals surface area contributed by atoms with Gasteiger partial charge in [-0.3, -0.25) is 15.1 Å². The highest BCUT2D eigenvalue weighted by atomic mass is 16.6. The minimum atomic E-state index is -0.377. The minimum absolute atomic E-state index is 0.117. The zero-order chi connectivity index (χ0) is 13.2. The Morgan fingerprint density at radius 2 is 2.16 bits per heavy atom. The SMILES string of the molecule is O=[N+]([O-])c1ccc2c(ccn2Cc2cccnc2)c1. The molecule has 0 N–H and O–H groups in total. The molecular weight excluding hydrogens is 242 g/mol. The number of non-ortho nitro benzene ring substituents is 1. The van der Waals surface area contributed by atoms with Gasteiger partial charge in [0.05, 0.1) is 4.92 Å². The van der Waals surface area contributed by atoms with Gasteiger partial charge >= 0.3 is 0 Å². The lowest BCUT2D eigenvalue weighted by atomic mass is 10.2. The number of hydrogen-bond donors (Lipinski definition) is 0. The van der Waals surface area contributed by atoms with E-state index in [-0.39, 0.29) is 10.6 Å². The lowest BCUT2D eigenvalue weighted by Gasteiger charge is -2.04. The van der Waals surface area contributed by atoms with Crippen molar-refractivity contribution < 1.29 is 4.92 Å². The highest BCUT2D eigenvalue weighted by Gasteiger charge is 2.08. The quantitative estimate of drug-likeness (QED) is 0.532. The molecule has 5 heteroatoms. The average Bonchev–Trinajstić information content (AvgIpc) is 2.82. The summed E-state index contributed by atoms with van der Waals surface area (Å²) in [6, 6.07) is 10.7. The Morgan fingerprint density at radius 1 is 1.26 bits per heavy atom. The second-order valence-corrected chi connectivity index (χ2v) is 4.31. The maximum Gasteiger partial charge on any atom is 0.270 e. The molecular formula is C14H11N3O2. The van der Waals surface area contributed by atoms with E-state index in [1.54, 1.807) is 18.3 Å². The van der Waals surface area contributed by atoms with Crippen LogP contribution in [-0.4, -0.2) is 14.5 Å². The molecule has 0 amide bonds. The van der Waals surface area contributed by atoms with Crippen LogP contribution in [0.3, 0.4) is 0 Å². The van der Waals surface area contributed by atoms with Gasteiger partial charge in [0.15, 0.2) is 0 Å². The van der Waals surface area contributed by atoms with Crippen molar-refractivity contribution in [3.8, 4) is 0 Å². The van der Waals surface area contributed by atoms with Gasteiger partial charge in [-0.1, -0.05) is 6.07 Å². The molecule has 0 radical (unpaired) electrons. The Hall–Kier alpha value is -2.69. The number of hydrogen-bond acceptors (Lipinski definition) is 3. The second kappa shape index (κ2) is 4.53. The molecule has 0 aliphatic rings. The maximum atomic E-state index is 10.7. The van der Waals surface area contributed by atoms with Crippen LogP contribution in [0.15, 0.2) is 55.0 Å². The van der Waals surface area contributed by atoms with Crippen molar-refractivity contribution >= 4 is 16.6 Å². The topological polar surface area (TPSA) is 61.0 Å². The van der Waals surface area contributed by atoms with Crippen molar-refractivity contribution in [2.24, 2.45) is 0 Å². The third kappa shape index (κ3) is 2.18. The Kier molecular flexibility index (Phi) is 2.72. The summed E-state index contributed by atoms with van der Waals surface area (Å²) in [5, 5.41) is 11.6. The maximum absolute atomic E-state index is 10.7. The molecule has 0 spiro atoms. The molecule has 0 fully saturated rings. The number of rotatable bonds is 3. The standard InChI is InChI=1S/C14H11N3O2/c18-17(19)13-3-4-14-12(8-13)5-7-16(14)10-11-2-1-6-15-9-11/h1-9H,10H2. The summed E-state index contributed by atoms with van der Waals surface area (Å²) >= 11 is 0. The van der Waals surface area contributed by atoms with E-state index in [4.69, 9.17) is 0 Å². The number of nitro groups is 1. The minimum Gasteiger partial charge on any atom is -0.343 e. The predicted octanol–water partition coefficient (Wildman–Crippen LogP) is 2.99. The third-order valence-electron chi connectivity index (χ3n) is 3.04. The number of fused-ring (bicyclic) bond motifs is 1. The van der Waals surface area contributed by atoms with Crippen molar-refractivity contribution in [1.29, 1.82) is 0 Å². The van der Waals surface area contributed by atoms with Crippen LogP contribution in [0.4, 0.5) is 5.69 Å². The molecule has 0 aliphatic carbocycles.